The zero-order valence-electron chi connectivity index (χ0n) is 14.2. The fourth-order valence-corrected chi connectivity index (χ4v) is 3.12. The fourth-order valence-electron chi connectivity index (χ4n) is 3.12. The number of nitrogens with one attached hydrogen (secondary N) is 1. The van der Waals surface area contributed by atoms with Crippen molar-refractivity contribution in [3.05, 3.63) is 0 Å². The topological polar surface area (TPSA) is 96.7 Å². The zero-order chi connectivity index (χ0) is 17.9. The summed E-state index contributed by atoms with van der Waals surface area (Å²) in [6.45, 7) is 4.42. The maximum Gasteiger partial charge on any atom is 0.237 e. The highest BCUT2D eigenvalue weighted by atomic mass is 19.1. The lowest BCUT2D eigenvalue weighted by Crippen LogP contribution is -2.49. The molecule has 2 saturated heterocycles. The molecule has 2 rings (SSSR count). The molecule has 2 aliphatic heterocycles. The SMILES string of the molecule is CC(C)(CC(=O)N1CCC(O)C1)NCC(=O)N1C[C@@H](F)C[C@H]1C#N. The Morgan fingerprint density at radius 3 is 2.67 bits per heavy atom. The molecule has 0 bridgehead atoms. The molecule has 0 aromatic rings. The van der Waals surface area contributed by atoms with Gasteiger partial charge >= 0.3 is 0 Å². The standard InChI is InChI=1S/C16H25FN4O3/c1-16(2,6-14(23)20-4-3-13(22)10-20)19-8-15(24)21-9-11(17)5-12(21)7-18/h11-13,19,22H,3-6,8-10H2,1-2H3/t11-,12-,13?/m0/s1. The van der Waals surface area contributed by atoms with Crippen LogP contribution in [-0.4, -0.2) is 76.8 Å². The normalized spacial score (nSPS) is 27.4. The maximum atomic E-state index is 13.4. The van der Waals surface area contributed by atoms with Crippen LogP contribution in [0.1, 0.15) is 33.1 Å². The van der Waals surface area contributed by atoms with Gasteiger partial charge in [-0.2, -0.15) is 5.26 Å². The van der Waals surface area contributed by atoms with Gasteiger partial charge in [0.2, 0.25) is 11.8 Å². The van der Waals surface area contributed by atoms with Crippen molar-refractivity contribution in [2.75, 3.05) is 26.2 Å². The number of halogens is 1. The summed E-state index contributed by atoms with van der Waals surface area (Å²) in [7, 11) is 0. The largest absolute Gasteiger partial charge is 0.391 e. The first-order valence-electron chi connectivity index (χ1n) is 8.26. The number of hydrogen-bond donors (Lipinski definition) is 2. The van der Waals surface area contributed by atoms with E-state index in [9.17, 15) is 19.1 Å². The highest BCUT2D eigenvalue weighted by Gasteiger charge is 2.36. The van der Waals surface area contributed by atoms with E-state index >= 15 is 0 Å². The molecule has 0 aliphatic carbocycles. The second kappa shape index (κ2) is 7.45. The van der Waals surface area contributed by atoms with Crippen LogP contribution < -0.4 is 5.32 Å². The van der Waals surface area contributed by atoms with Gasteiger partial charge < -0.3 is 20.2 Å². The van der Waals surface area contributed by atoms with Gasteiger partial charge in [-0.15, -0.1) is 0 Å². The van der Waals surface area contributed by atoms with Gasteiger partial charge in [0, 0.05) is 31.5 Å². The Hall–Kier alpha value is -1.72. The Kier molecular flexibility index (Phi) is 5.78. The average Bonchev–Trinajstić information content (AvgIpc) is 3.10. The van der Waals surface area contributed by atoms with Crippen LogP contribution in [0.15, 0.2) is 0 Å². The van der Waals surface area contributed by atoms with E-state index in [2.05, 4.69) is 5.32 Å². The second-order valence-electron chi connectivity index (χ2n) is 7.22. The molecule has 24 heavy (non-hydrogen) atoms. The molecule has 2 fully saturated rings. The molecule has 8 heteroatoms. The Bertz CT molecular complexity index is 534. The van der Waals surface area contributed by atoms with Crippen LogP contribution in [0.2, 0.25) is 0 Å². The van der Waals surface area contributed by atoms with Crippen molar-refractivity contribution < 1.29 is 19.1 Å². The summed E-state index contributed by atoms with van der Waals surface area (Å²) in [5, 5.41) is 21.5. The van der Waals surface area contributed by atoms with Gasteiger partial charge in [-0.25, -0.2) is 4.39 Å². The van der Waals surface area contributed by atoms with Gasteiger partial charge in [-0.1, -0.05) is 0 Å². The highest BCUT2D eigenvalue weighted by Crippen LogP contribution is 2.20. The van der Waals surface area contributed by atoms with Crippen LogP contribution in [0.5, 0.6) is 0 Å². The van der Waals surface area contributed by atoms with Gasteiger partial charge in [0.1, 0.15) is 12.2 Å². The predicted octanol–water partition coefficient (Wildman–Crippen LogP) is -0.200. The lowest BCUT2D eigenvalue weighted by Gasteiger charge is -2.29. The number of hydrogen-bond acceptors (Lipinski definition) is 5. The zero-order valence-corrected chi connectivity index (χ0v) is 14.2. The minimum atomic E-state index is -1.16. The van der Waals surface area contributed by atoms with Gasteiger partial charge in [0.05, 0.1) is 25.3 Å². The van der Waals surface area contributed by atoms with Crippen LogP contribution in [0.4, 0.5) is 4.39 Å². The molecule has 1 unspecified atom stereocenters. The number of amides is 2. The van der Waals surface area contributed by atoms with Gasteiger partial charge in [0.25, 0.3) is 0 Å². The molecule has 0 radical (unpaired) electrons. The number of β-amino-alcohol motifs (C(OH)–C–C–N with tert-alkyl or cyclic N) is 1. The summed E-state index contributed by atoms with van der Waals surface area (Å²) in [6, 6.07) is 1.23. The molecule has 3 atom stereocenters. The molecule has 0 saturated carbocycles. The number of aliphatic hydroxyl groups excluding tert-OH is 1. The molecular formula is C16H25FN4O3. The fraction of sp³-hybridized carbons (Fsp3) is 0.812. The molecule has 134 valence electrons. The first-order valence-corrected chi connectivity index (χ1v) is 8.26. The second-order valence-corrected chi connectivity index (χ2v) is 7.22. The van der Waals surface area contributed by atoms with Crippen molar-refractivity contribution in [3.63, 3.8) is 0 Å². The van der Waals surface area contributed by atoms with E-state index in [4.69, 9.17) is 5.26 Å². The third kappa shape index (κ3) is 4.65. The lowest BCUT2D eigenvalue weighted by molar-refractivity contribution is -0.133. The first kappa shape index (κ1) is 18.6. The van der Waals surface area contributed by atoms with E-state index in [0.29, 0.717) is 19.5 Å². The molecule has 0 aromatic carbocycles. The predicted molar refractivity (Wildman–Crippen MR) is 84.5 cm³/mol. The third-order valence-corrected chi connectivity index (χ3v) is 4.55. The van der Waals surface area contributed by atoms with Gasteiger partial charge in [-0.05, 0) is 20.3 Å². The van der Waals surface area contributed by atoms with E-state index < -0.39 is 23.9 Å². The summed E-state index contributed by atoms with van der Waals surface area (Å²) in [4.78, 5) is 27.3. The number of nitrogens with zero attached hydrogens (tertiary/aromatic N) is 3. The van der Waals surface area contributed by atoms with Crippen molar-refractivity contribution >= 4 is 11.8 Å². The number of carbonyl (C=O) groups excluding carboxylic acids is 2. The summed E-state index contributed by atoms with van der Waals surface area (Å²) in [5.41, 5.74) is -0.614. The first-order chi connectivity index (χ1) is 11.2. The number of likely N-dealkylation sites (tertiary alicyclic amines) is 2. The van der Waals surface area contributed by atoms with E-state index in [1.807, 2.05) is 19.9 Å². The molecule has 2 heterocycles. The molecule has 7 nitrogen and oxygen atoms in total. The maximum absolute atomic E-state index is 13.4. The van der Waals surface area contributed by atoms with Crippen molar-refractivity contribution in [3.8, 4) is 6.07 Å². The Labute approximate surface area is 141 Å². The van der Waals surface area contributed by atoms with Gasteiger partial charge in [0.15, 0.2) is 0 Å². The molecule has 2 aliphatic rings. The van der Waals surface area contributed by atoms with Crippen molar-refractivity contribution in [2.24, 2.45) is 0 Å². The number of aliphatic hydroxyl groups is 1. The molecule has 2 amide bonds. The number of nitriles is 1. The summed E-state index contributed by atoms with van der Waals surface area (Å²) in [6.07, 6.45) is -0.775. The molecular weight excluding hydrogens is 315 g/mol. The number of carbonyl (C=O) groups is 2. The third-order valence-electron chi connectivity index (χ3n) is 4.55. The molecule has 2 N–H and O–H groups in total. The van der Waals surface area contributed by atoms with E-state index in [0.717, 1.165) is 0 Å². The van der Waals surface area contributed by atoms with E-state index in [-0.39, 0.29) is 37.7 Å². The average molecular weight is 340 g/mol. The van der Waals surface area contributed by atoms with Crippen LogP contribution in [0.3, 0.4) is 0 Å². The van der Waals surface area contributed by atoms with E-state index in [1.165, 1.54) is 4.90 Å². The van der Waals surface area contributed by atoms with Crippen molar-refractivity contribution in [1.29, 1.82) is 5.26 Å². The van der Waals surface area contributed by atoms with Gasteiger partial charge in [-0.3, -0.25) is 9.59 Å². The number of rotatable bonds is 5. The monoisotopic (exact) mass is 340 g/mol. The van der Waals surface area contributed by atoms with Crippen molar-refractivity contribution in [2.45, 2.75) is 57.0 Å². The Balaban J connectivity index is 1.82. The minimum Gasteiger partial charge on any atom is -0.391 e. The summed E-state index contributed by atoms with van der Waals surface area (Å²) < 4.78 is 13.4. The Morgan fingerprint density at radius 1 is 1.38 bits per heavy atom. The van der Waals surface area contributed by atoms with Crippen LogP contribution >= 0.6 is 0 Å². The van der Waals surface area contributed by atoms with Crippen LogP contribution in [0, 0.1) is 11.3 Å². The van der Waals surface area contributed by atoms with Crippen LogP contribution in [-0.2, 0) is 9.59 Å². The number of alkyl halides is 1. The van der Waals surface area contributed by atoms with E-state index in [1.54, 1.807) is 4.90 Å². The molecule has 0 spiro atoms. The molecule has 0 aromatic heterocycles. The highest BCUT2D eigenvalue weighted by molar-refractivity contribution is 5.80. The summed E-state index contributed by atoms with van der Waals surface area (Å²) in [5.74, 6) is -0.407. The van der Waals surface area contributed by atoms with Crippen molar-refractivity contribution in [1.82, 2.24) is 15.1 Å². The summed E-state index contributed by atoms with van der Waals surface area (Å²) >= 11 is 0. The van der Waals surface area contributed by atoms with Crippen LogP contribution in [0.25, 0.3) is 0 Å². The smallest absolute Gasteiger partial charge is 0.237 e. The Morgan fingerprint density at radius 2 is 2.08 bits per heavy atom. The lowest BCUT2D eigenvalue weighted by atomic mass is 9.99. The minimum absolute atomic E-state index is 0.0478. The quantitative estimate of drug-likeness (QED) is 0.722.